The monoisotopic (exact) mass is 393 g/mol. The zero-order valence-corrected chi connectivity index (χ0v) is 16.2. The van der Waals surface area contributed by atoms with Gasteiger partial charge in [-0.3, -0.25) is 14.9 Å². The van der Waals surface area contributed by atoms with Crippen molar-refractivity contribution in [3.63, 3.8) is 0 Å². The quantitative estimate of drug-likeness (QED) is 0.627. The molecule has 8 nitrogen and oxygen atoms in total. The third-order valence-corrected chi connectivity index (χ3v) is 5.33. The fourth-order valence-electron chi connectivity index (χ4n) is 2.28. The van der Waals surface area contributed by atoms with Crippen molar-refractivity contribution in [1.82, 2.24) is 19.8 Å². The summed E-state index contributed by atoms with van der Waals surface area (Å²) in [6.45, 7) is 3.88. The van der Waals surface area contributed by atoms with Gasteiger partial charge in [-0.15, -0.1) is 26.5 Å². The Kier molecular flexibility index (Phi) is 6.04. The number of rotatable bonds is 8. The van der Waals surface area contributed by atoms with Crippen molar-refractivity contribution in [3.05, 3.63) is 38.9 Å². The molecule has 0 aliphatic carbocycles. The zero-order chi connectivity index (χ0) is 18.5. The summed E-state index contributed by atoms with van der Waals surface area (Å²) in [5.41, 5.74) is 0.825. The van der Waals surface area contributed by atoms with Gasteiger partial charge in [0.15, 0.2) is 5.65 Å². The van der Waals surface area contributed by atoms with Crippen LogP contribution in [0.15, 0.2) is 21.5 Å². The average Bonchev–Trinajstić information content (AvgIpc) is 3.19. The van der Waals surface area contributed by atoms with Crippen LogP contribution in [0, 0.1) is 6.92 Å². The number of unbranched alkanes of at least 4 members (excludes halogenated alkanes) is 1. The third-order valence-electron chi connectivity index (χ3n) is 3.46. The predicted octanol–water partition coefficient (Wildman–Crippen LogP) is 2.66. The molecule has 3 rings (SSSR count). The van der Waals surface area contributed by atoms with Gasteiger partial charge >= 0.3 is 0 Å². The smallest absolute Gasteiger partial charge is 0.287 e. The van der Waals surface area contributed by atoms with Crippen molar-refractivity contribution in [2.45, 2.75) is 38.9 Å². The third kappa shape index (κ3) is 4.70. The van der Waals surface area contributed by atoms with Gasteiger partial charge in [0.05, 0.1) is 11.4 Å². The van der Waals surface area contributed by atoms with E-state index in [0.717, 1.165) is 28.8 Å². The second kappa shape index (κ2) is 8.45. The Balaban J connectivity index is 1.50. The summed E-state index contributed by atoms with van der Waals surface area (Å²) in [6.07, 6.45) is 3.04. The molecule has 0 aliphatic rings. The Bertz CT molecular complexity index is 962. The van der Waals surface area contributed by atoms with E-state index in [9.17, 15) is 9.59 Å². The number of thioether (sulfide) groups is 1. The molecule has 10 heteroatoms. The summed E-state index contributed by atoms with van der Waals surface area (Å²) in [7, 11) is 0. The lowest BCUT2D eigenvalue weighted by molar-refractivity contribution is -0.113. The fourth-order valence-corrected chi connectivity index (χ4v) is 3.80. The predicted molar refractivity (Wildman–Crippen MR) is 102 cm³/mol. The Labute approximate surface area is 158 Å². The largest absolute Gasteiger partial charge is 0.375 e. The van der Waals surface area contributed by atoms with Crippen LogP contribution in [0.4, 0.5) is 5.13 Å². The van der Waals surface area contributed by atoms with Crippen molar-refractivity contribution in [2.75, 3.05) is 11.1 Å². The number of aryl methyl sites for hydroxylation is 2. The van der Waals surface area contributed by atoms with Crippen LogP contribution in [-0.4, -0.2) is 31.4 Å². The Hall–Kier alpha value is -2.20. The van der Waals surface area contributed by atoms with Crippen LogP contribution in [0.25, 0.3) is 5.65 Å². The second-order valence-corrected chi connectivity index (χ2v) is 7.78. The number of carbonyl (C=O) groups is 1. The highest BCUT2D eigenvalue weighted by molar-refractivity contribution is 7.99. The van der Waals surface area contributed by atoms with Crippen LogP contribution < -0.4 is 10.9 Å². The van der Waals surface area contributed by atoms with Crippen LogP contribution in [0.5, 0.6) is 0 Å². The molecule has 0 aromatic carbocycles. The molecular weight excluding hydrogens is 374 g/mol. The van der Waals surface area contributed by atoms with Crippen molar-refractivity contribution >= 4 is 39.8 Å². The first-order valence-corrected chi connectivity index (χ1v) is 10.2. The molecular formula is C16H19N5O3S2. The summed E-state index contributed by atoms with van der Waals surface area (Å²) in [5, 5.41) is 12.3. The van der Waals surface area contributed by atoms with Crippen molar-refractivity contribution in [1.29, 1.82) is 0 Å². The Morgan fingerprint density at radius 1 is 1.38 bits per heavy atom. The van der Waals surface area contributed by atoms with E-state index in [1.807, 2.05) is 0 Å². The highest BCUT2D eigenvalue weighted by Crippen LogP contribution is 2.18. The molecule has 0 saturated heterocycles. The van der Waals surface area contributed by atoms with Crippen LogP contribution in [0.3, 0.4) is 0 Å². The number of hydrogen-bond donors (Lipinski definition) is 1. The minimum atomic E-state index is -0.267. The lowest BCUT2D eigenvalue weighted by Gasteiger charge is -2.02. The number of aromatic nitrogens is 4. The van der Waals surface area contributed by atoms with Gasteiger partial charge < -0.3 is 4.52 Å². The maximum atomic E-state index is 12.0. The van der Waals surface area contributed by atoms with E-state index in [-0.39, 0.29) is 17.2 Å². The first-order valence-electron chi connectivity index (χ1n) is 8.24. The first kappa shape index (κ1) is 18.6. The average molecular weight is 393 g/mol. The second-order valence-electron chi connectivity index (χ2n) is 5.73. The minimum absolute atomic E-state index is 0.148. The van der Waals surface area contributed by atoms with E-state index >= 15 is 0 Å². The summed E-state index contributed by atoms with van der Waals surface area (Å²) >= 11 is 2.79. The number of fused-ring (bicyclic) bond motifs is 1. The number of hydrogen-bond acceptors (Lipinski definition) is 8. The van der Waals surface area contributed by atoms with Gasteiger partial charge in [-0.1, -0.05) is 24.7 Å². The first-order chi connectivity index (χ1) is 12.5. The molecule has 3 aromatic rings. The molecule has 0 atom stereocenters. The molecule has 138 valence electrons. The Morgan fingerprint density at radius 3 is 3.04 bits per heavy atom. The summed E-state index contributed by atoms with van der Waals surface area (Å²) < 4.78 is 6.40. The molecule has 0 saturated carbocycles. The van der Waals surface area contributed by atoms with Crippen LogP contribution >= 0.6 is 23.1 Å². The lowest BCUT2D eigenvalue weighted by atomic mass is 10.3. The molecule has 0 radical (unpaired) electrons. The van der Waals surface area contributed by atoms with E-state index in [2.05, 4.69) is 27.4 Å². The van der Waals surface area contributed by atoms with Gasteiger partial charge in [0, 0.05) is 24.3 Å². The van der Waals surface area contributed by atoms with Crippen LogP contribution in [-0.2, 0) is 17.0 Å². The molecule has 0 unspecified atom stereocenters. The summed E-state index contributed by atoms with van der Waals surface area (Å²) in [6, 6.07) is 3.12. The molecule has 0 fully saturated rings. The van der Waals surface area contributed by atoms with Crippen LogP contribution in [0.1, 0.15) is 36.2 Å². The molecule has 1 amide bonds. The molecule has 0 spiro atoms. The SMILES string of the molecule is CCCCc1nnc(NC(=O)CSCc2cc(=O)n3oc(C)cc3n2)s1. The van der Waals surface area contributed by atoms with Gasteiger partial charge in [-0.05, 0) is 13.3 Å². The van der Waals surface area contributed by atoms with Crippen molar-refractivity contribution in [3.8, 4) is 0 Å². The number of nitrogens with one attached hydrogen (secondary N) is 1. The topological polar surface area (TPSA) is 102 Å². The minimum Gasteiger partial charge on any atom is -0.375 e. The van der Waals surface area contributed by atoms with Gasteiger partial charge in [0.25, 0.3) is 5.56 Å². The number of anilines is 1. The standard InChI is InChI=1S/C16H19N5O3S2/c1-3-4-5-14-19-20-16(26-14)18-13(22)9-25-8-11-7-15(23)21-12(17-11)6-10(2)24-21/h6-7H,3-5,8-9H2,1-2H3,(H,18,20,22). The molecule has 0 aliphatic heterocycles. The van der Waals surface area contributed by atoms with Gasteiger partial charge in [-0.2, -0.15) is 0 Å². The van der Waals surface area contributed by atoms with Crippen LogP contribution in [0.2, 0.25) is 0 Å². The lowest BCUT2D eigenvalue weighted by Crippen LogP contribution is -2.15. The summed E-state index contributed by atoms with van der Waals surface area (Å²) in [4.78, 5) is 28.3. The van der Waals surface area contributed by atoms with E-state index in [1.54, 1.807) is 13.0 Å². The van der Waals surface area contributed by atoms with E-state index < -0.39 is 0 Å². The normalized spacial score (nSPS) is 11.2. The van der Waals surface area contributed by atoms with Crippen molar-refractivity contribution < 1.29 is 9.32 Å². The fraction of sp³-hybridized carbons (Fsp3) is 0.438. The molecule has 26 heavy (non-hydrogen) atoms. The van der Waals surface area contributed by atoms with Gasteiger partial charge in [0.1, 0.15) is 10.8 Å². The van der Waals surface area contributed by atoms with E-state index in [4.69, 9.17) is 4.52 Å². The number of carbonyl (C=O) groups excluding carboxylic acids is 1. The molecule has 1 N–H and O–H groups in total. The van der Waals surface area contributed by atoms with Crippen molar-refractivity contribution in [2.24, 2.45) is 0 Å². The number of amides is 1. The highest BCUT2D eigenvalue weighted by Gasteiger charge is 2.10. The maximum Gasteiger partial charge on any atom is 0.287 e. The van der Waals surface area contributed by atoms with E-state index in [1.165, 1.54) is 29.2 Å². The maximum absolute atomic E-state index is 12.0. The molecule has 0 bridgehead atoms. The molecule has 3 aromatic heterocycles. The summed E-state index contributed by atoms with van der Waals surface area (Å²) in [5.74, 6) is 1.18. The van der Waals surface area contributed by atoms with E-state index in [0.29, 0.717) is 28.0 Å². The molecule has 3 heterocycles. The Morgan fingerprint density at radius 2 is 2.23 bits per heavy atom. The highest BCUT2D eigenvalue weighted by atomic mass is 32.2. The zero-order valence-electron chi connectivity index (χ0n) is 14.5. The van der Waals surface area contributed by atoms with Gasteiger partial charge in [0.2, 0.25) is 11.0 Å². The number of nitrogens with zero attached hydrogens (tertiary/aromatic N) is 4. The van der Waals surface area contributed by atoms with Gasteiger partial charge in [-0.25, -0.2) is 4.98 Å².